The number of aromatic amines is 1. The smallest absolute Gasteiger partial charge is 0.225 e. The molecule has 0 spiro atoms. The zero-order valence-electron chi connectivity index (χ0n) is 18.0. The van der Waals surface area contributed by atoms with E-state index in [0.29, 0.717) is 10.9 Å². The van der Waals surface area contributed by atoms with Crippen LogP contribution in [-0.2, 0) is 4.79 Å². The SMILES string of the molecule is Cl.O=C(C1CCNCC1)N1CCCN(c2ccc(Cl)c(-c3nc4ccccc4[nH]3)c2)CC1. The predicted octanol–water partition coefficient (Wildman–Crippen LogP) is 4.34. The zero-order valence-corrected chi connectivity index (χ0v) is 19.6. The Hall–Kier alpha value is -2.28. The average Bonchev–Trinajstić information content (AvgIpc) is 3.09. The summed E-state index contributed by atoms with van der Waals surface area (Å²) >= 11 is 6.54. The molecular formula is C24H29Cl2N5O. The number of H-pyrrole nitrogens is 1. The van der Waals surface area contributed by atoms with Crippen molar-refractivity contribution >= 4 is 46.6 Å². The fourth-order valence-corrected chi connectivity index (χ4v) is 4.90. The number of carbonyl (C=O) groups is 1. The Morgan fingerprint density at radius 2 is 1.84 bits per heavy atom. The summed E-state index contributed by atoms with van der Waals surface area (Å²) in [4.78, 5) is 25.5. The minimum atomic E-state index is 0. The van der Waals surface area contributed by atoms with Crippen molar-refractivity contribution in [1.82, 2.24) is 20.2 Å². The van der Waals surface area contributed by atoms with E-state index >= 15 is 0 Å². The van der Waals surface area contributed by atoms with Crippen molar-refractivity contribution in [2.75, 3.05) is 44.2 Å². The third kappa shape index (κ3) is 4.72. The molecule has 2 N–H and O–H groups in total. The van der Waals surface area contributed by atoms with E-state index in [1.54, 1.807) is 0 Å². The van der Waals surface area contributed by atoms with E-state index in [-0.39, 0.29) is 18.3 Å². The third-order valence-corrected chi connectivity index (χ3v) is 6.79. The van der Waals surface area contributed by atoms with Gasteiger partial charge in [0, 0.05) is 43.3 Å². The number of amides is 1. The third-order valence-electron chi connectivity index (χ3n) is 6.46. The standard InChI is InChI=1S/C24H28ClN5O.ClH/c25-20-7-6-18(16-19(20)23-27-21-4-1-2-5-22(21)28-23)29-12-3-13-30(15-14-29)24(31)17-8-10-26-11-9-17;/h1-2,4-7,16-17,26H,3,8-15H2,(H,27,28);1H. The first-order valence-corrected chi connectivity index (χ1v) is 11.6. The Balaban J connectivity index is 0.00000245. The molecule has 0 radical (unpaired) electrons. The first-order valence-electron chi connectivity index (χ1n) is 11.2. The van der Waals surface area contributed by atoms with Crippen molar-refractivity contribution in [2.45, 2.75) is 19.3 Å². The predicted molar refractivity (Wildman–Crippen MR) is 133 cm³/mol. The van der Waals surface area contributed by atoms with Gasteiger partial charge in [0.25, 0.3) is 0 Å². The molecule has 170 valence electrons. The number of piperidine rings is 1. The van der Waals surface area contributed by atoms with Gasteiger partial charge in [-0.3, -0.25) is 4.79 Å². The van der Waals surface area contributed by atoms with Crippen LogP contribution in [0, 0.1) is 5.92 Å². The van der Waals surface area contributed by atoms with Crippen LogP contribution < -0.4 is 10.2 Å². The lowest BCUT2D eigenvalue weighted by Crippen LogP contribution is -2.42. The largest absolute Gasteiger partial charge is 0.370 e. The first kappa shape index (κ1) is 22.9. The van der Waals surface area contributed by atoms with Crippen molar-refractivity contribution in [3.05, 3.63) is 47.5 Å². The van der Waals surface area contributed by atoms with Gasteiger partial charge in [0.05, 0.1) is 16.1 Å². The van der Waals surface area contributed by atoms with Gasteiger partial charge in [-0.05, 0) is 62.7 Å². The van der Waals surface area contributed by atoms with Crippen LogP contribution >= 0.6 is 24.0 Å². The number of rotatable bonds is 3. The van der Waals surface area contributed by atoms with Gasteiger partial charge in [-0.1, -0.05) is 23.7 Å². The second-order valence-electron chi connectivity index (χ2n) is 8.46. The van der Waals surface area contributed by atoms with E-state index in [2.05, 4.69) is 32.2 Å². The highest BCUT2D eigenvalue weighted by Gasteiger charge is 2.27. The molecule has 8 heteroatoms. The highest BCUT2D eigenvalue weighted by Crippen LogP contribution is 2.32. The van der Waals surface area contributed by atoms with Gasteiger partial charge < -0.3 is 20.1 Å². The van der Waals surface area contributed by atoms with Crippen LogP contribution in [0.5, 0.6) is 0 Å². The Labute approximate surface area is 199 Å². The number of fused-ring (bicyclic) bond motifs is 1. The number of carbonyl (C=O) groups excluding carboxylic acids is 1. The molecule has 3 aromatic rings. The minimum absolute atomic E-state index is 0. The molecule has 0 bridgehead atoms. The average molecular weight is 474 g/mol. The summed E-state index contributed by atoms with van der Waals surface area (Å²) in [6.07, 6.45) is 2.88. The van der Waals surface area contributed by atoms with Gasteiger partial charge >= 0.3 is 0 Å². The van der Waals surface area contributed by atoms with Crippen molar-refractivity contribution in [3.8, 4) is 11.4 Å². The van der Waals surface area contributed by atoms with Crippen molar-refractivity contribution in [1.29, 1.82) is 0 Å². The lowest BCUT2D eigenvalue weighted by atomic mass is 9.96. The number of benzene rings is 2. The monoisotopic (exact) mass is 473 g/mol. The molecule has 5 rings (SSSR count). The number of nitrogens with one attached hydrogen (secondary N) is 2. The molecule has 32 heavy (non-hydrogen) atoms. The van der Waals surface area contributed by atoms with E-state index < -0.39 is 0 Å². The molecule has 6 nitrogen and oxygen atoms in total. The number of aromatic nitrogens is 2. The Bertz CT molecular complexity index is 1050. The molecule has 0 unspecified atom stereocenters. The van der Waals surface area contributed by atoms with E-state index in [4.69, 9.17) is 16.6 Å². The number of halogens is 2. The van der Waals surface area contributed by atoms with Crippen LogP contribution in [0.3, 0.4) is 0 Å². The van der Waals surface area contributed by atoms with Gasteiger partial charge in [-0.2, -0.15) is 0 Å². The second kappa shape index (κ2) is 10.1. The van der Waals surface area contributed by atoms with E-state index in [1.165, 1.54) is 0 Å². The van der Waals surface area contributed by atoms with E-state index in [9.17, 15) is 4.79 Å². The fraction of sp³-hybridized carbons (Fsp3) is 0.417. The number of nitrogens with zero attached hydrogens (tertiary/aromatic N) is 3. The summed E-state index contributed by atoms with van der Waals surface area (Å²) in [5.74, 6) is 1.30. The topological polar surface area (TPSA) is 64.3 Å². The first-order chi connectivity index (χ1) is 15.2. The maximum absolute atomic E-state index is 13.0. The van der Waals surface area contributed by atoms with E-state index in [1.807, 2.05) is 30.3 Å². The summed E-state index contributed by atoms with van der Waals surface area (Å²) in [5, 5.41) is 4.03. The van der Waals surface area contributed by atoms with Crippen LogP contribution in [0.1, 0.15) is 19.3 Å². The quantitative estimate of drug-likeness (QED) is 0.593. The second-order valence-corrected chi connectivity index (χ2v) is 8.86. The summed E-state index contributed by atoms with van der Waals surface area (Å²) < 4.78 is 0. The van der Waals surface area contributed by atoms with Crippen LogP contribution in [0.15, 0.2) is 42.5 Å². The summed E-state index contributed by atoms with van der Waals surface area (Å²) in [6.45, 7) is 5.27. The maximum Gasteiger partial charge on any atom is 0.225 e. The molecule has 3 heterocycles. The van der Waals surface area contributed by atoms with Gasteiger partial charge in [-0.15, -0.1) is 12.4 Å². The Morgan fingerprint density at radius 3 is 2.66 bits per heavy atom. The van der Waals surface area contributed by atoms with E-state index in [0.717, 1.165) is 86.6 Å². The van der Waals surface area contributed by atoms with Crippen molar-refractivity contribution in [2.24, 2.45) is 5.92 Å². The molecule has 0 atom stereocenters. The molecule has 2 aromatic carbocycles. The summed E-state index contributed by atoms with van der Waals surface area (Å²) in [5.41, 5.74) is 3.96. The van der Waals surface area contributed by atoms with Crippen molar-refractivity contribution < 1.29 is 4.79 Å². The normalized spacial score (nSPS) is 17.8. The molecule has 1 amide bonds. The molecule has 0 aliphatic carbocycles. The number of anilines is 1. The summed E-state index contributed by atoms with van der Waals surface area (Å²) in [7, 11) is 0. The van der Waals surface area contributed by atoms with Crippen LogP contribution in [-0.4, -0.2) is 60.0 Å². The highest BCUT2D eigenvalue weighted by molar-refractivity contribution is 6.33. The molecule has 2 aliphatic rings. The lowest BCUT2D eigenvalue weighted by Gasteiger charge is -2.29. The summed E-state index contributed by atoms with van der Waals surface area (Å²) in [6, 6.07) is 14.1. The molecule has 2 fully saturated rings. The lowest BCUT2D eigenvalue weighted by molar-refractivity contribution is -0.136. The van der Waals surface area contributed by atoms with Gasteiger partial charge in [0.15, 0.2) is 0 Å². The fourth-order valence-electron chi connectivity index (χ4n) is 4.69. The van der Waals surface area contributed by atoms with Crippen LogP contribution in [0.4, 0.5) is 5.69 Å². The maximum atomic E-state index is 13.0. The van der Waals surface area contributed by atoms with Gasteiger partial charge in [0.2, 0.25) is 5.91 Å². The molecule has 0 saturated carbocycles. The Kier molecular flexibility index (Phi) is 7.23. The van der Waals surface area contributed by atoms with Gasteiger partial charge in [0.1, 0.15) is 5.82 Å². The molecule has 2 aliphatic heterocycles. The number of hydrogen-bond donors (Lipinski definition) is 2. The minimum Gasteiger partial charge on any atom is -0.370 e. The highest BCUT2D eigenvalue weighted by atomic mass is 35.5. The molecule has 2 saturated heterocycles. The van der Waals surface area contributed by atoms with Crippen LogP contribution in [0.2, 0.25) is 5.02 Å². The zero-order chi connectivity index (χ0) is 21.2. The van der Waals surface area contributed by atoms with Gasteiger partial charge in [-0.25, -0.2) is 4.98 Å². The molecular weight excluding hydrogens is 445 g/mol. The Morgan fingerprint density at radius 1 is 1.03 bits per heavy atom. The number of hydrogen-bond acceptors (Lipinski definition) is 4. The van der Waals surface area contributed by atoms with Crippen molar-refractivity contribution in [3.63, 3.8) is 0 Å². The number of imidazole rings is 1. The van der Waals surface area contributed by atoms with Crippen LogP contribution in [0.25, 0.3) is 22.4 Å². The molecule has 1 aromatic heterocycles. The number of para-hydroxylation sites is 2.